The van der Waals surface area contributed by atoms with Crippen LogP contribution in [0.4, 0.5) is 0 Å². The molecule has 0 spiro atoms. The molecule has 2 atom stereocenters. The third kappa shape index (κ3) is 3.61. The van der Waals surface area contributed by atoms with Crippen LogP contribution in [0.15, 0.2) is 72.8 Å². The molecule has 0 unspecified atom stereocenters. The molecule has 0 aliphatic carbocycles. The van der Waals surface area contributed by atoms with Crippen LogP contribution in [0.2, 0.25) is 0 Å². The third-order valence-electron chi connectivity index (χ3n) is 4.29. The minimum atomic E-state index is -0.514. The molecule has 23 heavy (non-hydrogen) atoms. The minimum absolute atomic E-state index is 0.0389. The number of benzene rings is 3. The standard InChI is InChI=1S/C21H23NO/c1-22(2)15-20(21(23)17-9-4-3-5-10-17)19-13-12-16-8-6-7-11-18(16)14-19/h3-14,20-21,23H,15H2,1-2H3/t20-,21+/m0/s1. The number of likely N-dealkylation sites (N-methyl/N-ethyl adjacent to an activating group) is 1. The highest BCUT2D eigenvalue weighted by molar-refractivity contribution is 5.83. The summed E-state index contributed by atoms with van der Waals surface area (Å²) in [7, 11) is 4.09. The van der Waals surface area contributed by atoms with E-state index in [0.29, 0.717) is 0 Å². The van der Waals surface area contributed by atoms with Crippen LogP contribution in [0.5, 0.6) is 0 Å². The van der Waals surface area contributed by atoms with Crippen LogP contribution < -0.4 is 0 Å². The summed E-state index contributed by atoms with van der Waals surface area (Å²) in [4.78, 5) is 2.13. The Bertz CT molecular complexity index is 767. The molecular weight excluding hydrogens is 282 g/mol. The number of nitrogens with zero attached hydrogens (tertiary/aromatic N) is 1. The summed E-state index contributed by atoms with van der Waals surface area (Å²) in [5.74, 6) is 0.0389. The predicted molar refractivity (Wildman–Crippen MR) is 96.6 cm³/mol. The average molecular weight is 305 g/mol. The lowest BCUT2D eigenvalue weighted by Gasteiger charge is -2.27. The fourth-order valence-electron chi connectivity index (χ4n) is 3.10. The molecule has 2 nitrogen and oxygen atoms in total. The molecule has 3 rings (SSSR count). The van der Waals surface area contributed by atoms with Crippen LogP contribution in [0.1, 0.15) is 23.1 Å². The Balaban J connectivity index is 2.00. The van der Waals surface area contributed by atoms with E-state index >= 15 is 0 Å². The number of rotatable bonds is 5. The van der Waals surface area contributed by atoms with Crippen LogP contribution in [-0.4, -0.2) is 30.6 Å². The Morgan fingerprint density at radius 1 is 0.783 bits per heavy atom. The molecular formula is C21H23NO. The summed E-state index contributed by atoms with van der Waals surface area (Å²) in [5.41, 5.74) is 2.14. The van der Waals surface area contributed by atoms with Crippen LogP contribution in [0.25, 0.3) is 10.8 Å². The van der Waals surface area contributed by atoms with Gasteiger partial charge in [0, 0.05) is 12.5 Å². The molecule has 2 heteroatoms. The molecule has 0 aliphatic rings. The smallest absolute Gasteiger partial charge is 0.0870 e. The predicted octanol–water partition coefficient (Wildman–Crippen LogP) is 4.22. The monoisotopic (exact) mass is 305 g/mol. The molecule has 118 valence electrons. The molecule has 0 saturated carbocycles. The third-order valence-corrected chi connectivity index (χ3v) is 4.29. The van der Waals surface area contributed by atoms with Gasteiger partial charge in [-0.2, -0.15) is 0 Å². The second kappa shape index (κ2) is 6.95. The van der Waals surface area contributed by atoms with Crippen LogP contribution in [0.3, 0.4) is 0 Å². The lowest BCUT2D eigenvalue weighted by atomic mass is 9.87. The first kappa shape index (κ1) is 15.7. The first-order valence-corrected chi connectivity index (χ1v) is 8.01. The van der Waals surface area contributed by atoms with Crippen LogP contribution >= 0.6 is 0 Å². The summed E-state index contributed by atoms with van der Waals surface area (Å²) in [5, 5.41) is 13.4. The number of hydrogen-bond donors (Lipinski definition) is 1. The molecule has 0 fully saturated rings. The molecule has 3 aromatic rings. The fourth-order valence-corrected chi connectivity index (χ4v) is 3.10. The summed E-state index contributed by atoms with van der Waals surface area (Å²) in [6.07, 6.45) is -0.514. The van der Waals surface area contributed by atoms with Gasteiger partial charge in [-0.05, 0) is 36.0 Å². The largest absolute Gasteiger partial charge is 0.388 e. The Morgan fingerprint density at radius 2 is 1.43 bits per heavy atom. The molecule has 1 N–H and O–H groups in total. The quantitative estimate of drug-likeness (QED) is 0.763. The van der Waals surface area contributed by atoms with Crippen molar-refractivity contribution in [3.05, 3.63) is 83.9 Å². The second-order valence-electron chi connectivity index (χ2n) is 6.33. The van der Waals surface area contributed by atoms with E-state index < -0.39 is 6.10 Å². The fraction of sp³-hybridized carbons (Fsp3) is 0.238. The van der Waals surface area contributed by atoms with E-state index in [1.54, 1.807) is 0 Å². The van der Waals surface area contributed by atoms with Crippen molar-refractivity contribution >= 4 is 10.8 Å². The molecule has 0 aromatic heterocycles. The van der Waals surface area contributed by atoms with Gasteiger partial charge in [0.2, 0.25) is 0 Å². The maximum absolute atomic E-state index is 10.9. The van der Waals surface area contributed by atoms with Gasteiger partial charge in [-0.3, -0.25) is 0 Å². The number of aliphatic hydroxyl groups is 1. The van der Waals surface area contributed by atoms with Gasteiger partial charge in [0.25, 0.3) is 0 Å². The van der Waals surface area contributed by atoms with Crippen molar-refractivity contribution < 1.29 is 5.11 Å². The van der Waals surface area contributed by atoms with E-state index in [-0.39, 0.29) is 5.92 Å². The normalized spacial score (nSPS) is 14.1. The first-order chi connectivity index (χ1) is 11.1. The van der Waals surface area contributed by atoms with E-state index in [2.05, 4.69) is 47.4 Å². The number of hydrogen-bond acceptors (Lipinski definition) is 2. The van der Waals surface area contributed by atoms with E-state index in [0.717, 1.165) is 12.1 Å². The Kier molecular flexibility index (Phi) is 4.75. The number of aliphatic hydroxyl groups excluding tert-OH is 1. The minimum Gasteiger partial charge on any atom is -0.388 e. The second-order valence-corrected chi connectivity index (χ2v) is 6.33. The zero-order chi connectivity index (χ0) is 16.2. The summed E-state index contributed by atoms with van der Waals surface area (Å²) in [6, 6.07) is 24.8. The van der Waals surface area contributed by atoms with E-state index in [1.807, 2.05) is 44.4 Å². The van der Waals surface area contributed by atoms with E-state index in [4.69, 9.17) is 0 Å². The van der Waals surface area contributed by atoms with Gasteiger partial charge in [-0.15, -0.1) is 0 Å². The van der Waals surface area contributed by atoms with Crippen molar-refractivity contribution in [3.63, 3.8) is 0 Å². The van der Waals surface area contributed by atoms with Crippen molar-refractivity contribution in [2.24, 2.45) is 0 Å². The Hall–Kier alpha value is -2.16. The van der Waals surface area contributed by atoms with Crippen molar-refractivity contribution in [2.75, 3.05) is 20.6 Å². The first-order valence-electron chi connectivity index (χ1n) is 8.01. The van der Waals surface area contributed by atoms with Gasteiger partial charge in [-0.1, -0.05) is 72.8 Å². The highest BCUT2D eigenvalue weighted by Crippen LogP contribution is 2.33. The Morgan fingerprint density at radius 3 is 2.13 bits per heavy atom. The van der Waals surface area contributed by atoms with E-state index in [9.17, 15) is 5.11 Å². The zero-order valence-electron chi connectivity index (χ0n) is 13.7. The van der Waals surface area contributed by atoms with Crippen molar-refractivity contribution in [3.8, 4) is 0 Å². The van der Waals surface area contributed by atoms with Gasteiger partial charge in [0.05, 0.1) is 6.10 Å². The topological polar surface area (TPSA) is 23.5 Å². The molecule has 0 heterocycles. The van der Waals surface area contributed by atoms with Crippen molar-refractivity contribution in [2.45, 2.75) is 12.0 Å². The van der Waals surface area contributed by atoms with Crippen LogP contribution in [-0.2, 0) is 0 Å². The highest BCUT2D eigenvalue weighted by atomic mass is 16.3. The molecule has 0 radical (unpaired) electrons. The lowest BCUT2D eigenvalue weighted by Crippen LogP contribution is -2.25. The lowest BCUT2D eigenvalue weighted by molar-refractivity contribution is 0.129. The molecule has 3 aromatic carbocycles. The molecule has 0 saturated heterocycles. The van der Waals surface area contributed by atoms with Gasteiger partial charge in [-0.25, -0.2) is 0 Å². The Labute approximate surface area is 138 Å². The summed E-state index contributed by atoms with van der Waals surface area (Å²) in [6.45, 7) is 0.800. The van der Waals surface area contributed by atoms with Crippen molar-refractivity contribution in [1.82, 2.24) is 4.90 Å². The van der Waals surface area contributed by atoms with Crippen molar-refractivity contribution in [1.29, 1.82) is 0 Å². The maximum Gasteiger partial charge on any atom is 0.0870 e. The molecule has 0 bridgehead atoms. The van der Waals surface area contributed by atoms with Crippen LogP contribution in [0, 0.1) is 0 Å². The zero-order valence-corrected chi connectivity index (χ0v) is 13.7. The number of fused-ring (bicyclic) bond motifs is 1. The van der Waals surface area contributed by atoms with Gasteiger partial charge >= 0.3 is 0 Å². The highest BCUT2D eigenvalue weighted by Gasteiger charge is 2.23. The average Bonchev–Trinajstić information content (AvgIpc) is 2.59. The van der Waals surface area contributed by atoms with Gasteiger partial charge in [0.1, 0.15) is 0 Å². The SMILES string of the molecule is CN(C)C[C@@H](c1ccc2ccccc2c1)[C@H](O)c1ccccc1. The summed E-state index contributed by atoms with van der Waals surface area (Å²) >= 11 is 0. The van der Waals surface area contributed by atoms with Gasteiger partial charge < -0.3 is 10.0 Å². The molecule has 0 aliphatic heterocycles. The summed E-state index contributed by atoms with van der Waals surface area (Å²) < 4.78 is 0. The van der Waals surface area contributed by atoms with E-state index in [1.165, 1.54) is 16.3 Å². The van der Waals surface area contributed by atoms with Gasteiger partial charge in [0.15, 0.2) is 0 Å². The maximum atomic E-state index is 10.9. The molecule has 0 amide bonds.